The van der Waals surface area contributed by atoms with Gasteiger partial charge in [0.05, 0.1) is 71.5 Å². The van der Waals surface area contributed by atoms with Crippen molar-refractivity contribution in [2.75, 3.05) is 46.2 Å². The fraction of sp³-hybridized carbons (Fsp3) is 0.178. The molecular formula is C45H44N8O7. The van der Waals surface area contributed by atoms with Gasteiger partial charge in [0, 0.05) is 49.0 Å². The normalized spacial score (nSPS) is 10.8. The van der Waals surface area contributed by atoms with Crippen LogP contribution in [0.1, 0.15) is 27.0 Å². The molecule has 0 aliphatic rings. The van der Waals surface area contributed by atoms with Gasteiger partial charge < -0.3 is 39.4 Å². The number of fused-ring (bicyclic) bond motifs is 2. The van der Waals surface area contributed by atoms with Gasteiger partial charge in [0.1, 0.15) is 0 Å². The number of hydrogen-bond donors (Lipinski definition) is 3. The molecule has 8 rings (SSSR count). The van der Waals surface area contributed by atoms with E-state index in [1.54, 1.807) is 59.2 Å². The number of nitrogens with zero attached hydrogens (tertiary/aromatic N) is 6. The Hall–Kier alpha value is -7.65. The lowest BCUT2D eigenvalue weighted by atomic mass is 10.1. The van der Waals surface area contributed by atoms with Gasteiger partial charge in [-0.1, -0.05) is 36.4 Å². The van der Waals surface area contributed by atoms with E-state index in [0.717, 1.165) is 44.9 Å². The van der Waals surface area contributed by atoms with Gasteiger partial charge in [-0.3, -0.25) is 8.80 Å². The van der Waals surface area contributed by atoms with Crippen LogP contribution in [0.3, 0.4) is 0 Å². The Labute approximate surface area is 346 Å². The Bertz CT molecular complexity index is 2710. The minimum absolute atomic E-state index is 0.0432. The molecule has 4 aromatic carbocycles. The van der Waals surface area contributed by atoms with Crippen molar-refractivity contribution in [3.63, 3.8) is 0 Å². The van der Waals surface area contributed by atoms with E-state index in [9.17, 15) is 4.79 Å². The van der Waals surface area contributed by atoms with Crippen LogP contribution in [0.4, 0.5) is 11.6 Å². The molecule has 0 aliphatic heterocycles. The third-order valence-corrected chi connectivity index (χ3v) is 9.72. The van der Waals surface area contributed by atoms with Crippen LogP contribution in [-0.4, -0.2) is 75.4 Å². The van der Waals surface area contributed by atoms with Crippen molar-refractivity contribution in [2.24, 2.45) is 0 Å². The van der Waals surface area contributed by atoms with E-state index in [2.05, 4.69) is 30.6 Å². The fourth-order valence-corrected chi connectivity index (χ4v) is 6.52. The SMILES string of the molecule is COC(=O)c1ccc(CNc2nccn3c(-c4ccc(OC)c(OC)c4)cnc23)cc1.COc1ccc(-c2cnc3c(NCc4ccc(CO)cc4)nccn23)cc1OC. The van der Waals surface area contributed by atoms with Gasteiger partial charge in [-0.25, -0.2) is 24.7 Å². The Kier molecular flexibility index (Phi) is 12.7. The summed E-state index contributed by atoms with van der Waals surface area (Å²) in [5.41, 5.74) is 8.69. The average Bonchev–Trinajstić information content (AvgIpc) is 3.96. The van der Waals surface area contributed by atoms with Gasteiger partial charge >= 0.3 is 5.97 Å². The Morgan fingerprint density at radius 1 is 0.567 bits per heavy atom. The molecule has 0 spiro atoms. The zero-order valence-electron chi connectivity index (χ0n) is 33.7. The number of benzene rings is 4. The molecule has 0 saturated carbocycles. The summed E-state index contributed by atoms with van der Waals surface area (Å²) in [7, 11) is 7.82. The molecule has 0 saturated heterocycles. The molecule has 15 heteroatoms. The Morgan fingerprint density at radius 2 is 1.00 bits per heavy atom. The molecule has 3 N–H and O–H groups in total. The van der Waals surface area contributed by atoms with E-state index < -0.39 is 0 Å². The van der Waals surface area contributed by atoms with E-state index >= 15 is 0 Å². The van der Waals surface area contributed by atoms with Crippen molar-refractivity contribution in [2.45, 2.75) is 19.7 Å². The van der Waals surface area contributed by atoms with Gasteiger partial charge in [0.2, 0.25) is 0 Å². The number of methoxy groups -OCH3 is 5. The average molecular weight is 809 g/mol. The molecule has 4 heterocycles. The van der Waals surface area contributed by atoms with Crippen molar-refractivity contribution in [1.82, 2.24) is 28.7 Å². The number of anilines is 2. The number of hydrogen-bond acceptors (Lipinski definition) is 13. The number of aliphatic hydroxyl groups is 1. The van der Waals surface area contributed by atoms with Crippen LogP contribution in [0.5, 0.6) is 23.0 Å². The predicted octanol–water partition coefficient (Wildman–Crippen LogP) is 7.33. The van der Waals surface area contributed by atoms with Gasteiger partial charge in [-0.2, -0.15) is 0 Å². The number of esters is 1. The van der Waals surface area contributed by atoms with Crippen molar-refractivity contribution >= 4 is 28.9 Å². The van der Waals surface area contributed by atoms with Crippen LogP contribution in [0.25, 0.3) is 33.8 Å². The zero-order valence-corrected chi connectivity index (χ0v) is 33.7. The largest absolute Gasteiger partial charge is 0.493 e. The smallest absolute Gasteiger partial charge is 0.337 e. The first-order valence-corrected chi connectivity index (χ1v) is 18.8. The van der Waals surface area contributed by atoms with Gasteiger partial charge in [-0.05, 0) is 65.2 Å². The highest BCUT2D eigenvalue weighted by Gasteiger charge is 2.15. The number of rotatable bonds is 14. The summed E-state index contributed by atoms with van der Waals surface area (Å²) < 4.78 is 30.2. The minimum Gasteiger partial charge on any atom is -0.493 e. The van der Waals surface area contributed by atoms with Crippen molar-refractivity contribution in [3.05, 3.63) is 144 Å². The predicted molar refractivity (Wildman–Crippen MR) is 228 cm³/mol. The zero-order chi connectivity index (χ0) is 42.0. The number of ether oxygens (including phenoxy) is 5. The van der Waals surface area contributed by atoms with Crippen molar-refractivity contribution in [3.8, 4) is 45.5 Å². The summed E-state index contributed by atoms with van der Waals surface area (Å²) in [6.07, 6.45) is 10.8. The molecule has 0 bridgehead atoms. The van der Waals surface area contributed by atoms with Crippen LogP contribution >= 0.6 is 0 Å². The standard InChI is InChI=1S/C23H22N4O4.C22H22N4O3/c1-29-19-9-8-17(12-20(19)30-2)18-14-26-22-21(24-10-11-27(18)22)25-13-15-4-6-16(7-5-15)23(28)31-3;1-28-19-8-7-17(11-20(19)29-2)18-13-25-22-21(23-9-10-26(18)22)24-12-15-3-5-16(14-27)6-4-15/h4-12,14H,13H2,1-3H3,(H,24,25);3-11,13,27H,12,14H2,1-2H3,(H,23,24). The number of carbonyl (C=O) groups excluding carboxylic acids is 1. The Balaban J connectivity index is 0.000000182. The summed E-state index contributed by atoms with van der Waals surface area (Å²) in [6, 6.07) is 26.5. The lowest BCUT2D eigenvalue weighted by molar-refractivity contribution is 0.0600. The summed E-state index contributed by atoms with van der Waals surface area (Å²) in [5.74, 6) is 3.67. The maximum absolute atomic E-state index is 11.6. The van der Waals surface area contributed by atoms with E-state index in [1.807, 2.05) is 100 Å². The van der Waals surface area contributed by atoms with Crippen LogP contribution < -0.4 is 29.6 Å². The molecule has 0 aliphatic carbocycles. The lowest BCUT2D eigenvalue weighted by Gasteiger charge is -2.10. The number of imidazole rings is 2. The molecule has 8 aromatic rings. The number of aliphatic hydroxyl groups excluding tert-OH is 1. The molecular weight excluding hydrogens is 765 g/mol. The van der Waals surface area contributed by atoms with Crippen LogP contribution in [0.2, 0.25) is 0 Å². The molecule has 60 heavy (non-hydrogen) atoms. The second-order valence-electron chi connectivity index (χ2n) is 13.2. The minimum atomic E-state index is -0.356. The topological polar surface area (TPSA) is 168 Å². The molecule has 4 aromatic heterocycles. The summed E-state index contributed by atoms with van der Waals surface area (Å²) in [6.45, 7) is 1.19. The molecule has 0 atom stereocenters. The van der Waals surface area contributed by atoms with E-state index in [-0.39, 0.29) is 12.6 Å². The summed E-state index contributed by atoms with van der Waals surface area (Å²) in [4.78, 5) is 29.6. The van der Waals surface area contributed by atoms with Crippen molar-refractivity contribution < 1.29 is 33.6 Å². The number of aromatic nitrogens is 6. The molecule has 0 radical (unpaired) electrons. The summed E-state index contributed by atoms with van der Waals surface area (Å²) in [5, 5.41) is 15.8. The van der Waals surface area contributed by atoms with E-state index in [1.165, 1.54) is 7.11 Å². The first-order chi connectivity index (χ1) is 29.4. The van der Waals surface area contributed by atoms with Gasteiger partial charge in [0.25, 0.3) is 0 Å². The van der Waals surface area contributed by atoms with Crippen LogP contribution in [0.15, 0.2) is 122 Å². The monoisotopic (exact) mass is 808 g/mol. The highest BCUT2D eigenvalue weighted by atomic mass is 16.5. The Morgan fingerprint density at radius 3 is 1.42 bits per heavy atom. The maximum atomic E-state index is 11.6. The fourth-order valence-electron chi connectivity index (χ4n) is 6.52. The lowest BCUT2D eigenvalue weighted by Crippen LogP contribution is -2.05. The number of nitrogens with one attached hydrogen (secondary N) is 2. The third kappa shape index (κ3) is 8.75. The van der Waals surface area contributed by atoms with Crippen LogP contribution in [0, 0.1) is 0 Å². The molecule has 0 fully saturated rings. The molecule has 0 unspecified atom stereocenters. The maximum Gasteiger partial charge on any atom is 0.337 e. The van der Waals surface area contributed by atoms with Gasteiger partial charge in [-0.15, -0.1) is 0 Å². The van der Waals surface area contributed by atoms with Gasteiger partial charge in [0.15, 0.2) is 45.9 Å². The number of carbonyl (C=O) groups is 1. The van der Waals surface area contributed by atoms with E-state index in [0.29, 0.717) is 58.9 Å². The van der Waals surface area contributed by atoms with E-state index in [4.69, 9.17) is 28.8 Å². The second kappa shape index (κ2) is 18.7. The molecule has 0 amide bonds. The second-order valence-corrected chi connectivity index (χ2v) is 13.2. The highest BCUT2D eigenvalue weighted by molar-refractivity contribution is 5.89. The quantitative estimate of drug-likeness (QED) is 0.0936. The third-order valence-electron chi connectivity index (χ3n) is 9.72. The first kappa shape index (κ1) is 40.5. The highest BCUT2D eigenvalue weighted by Crippen LogP contribution is 2.34. The first-order valence-electron chi connectivity index (χ1n) is 18.8. The van der Waals surface area contributed by atoms with Crippen LogP contribution in [-0.2, 0) is 24.4 Å². The summed E-state index contributed by atoms with van der Waals surface area (Å²) >= 11 is 0. The molecule has 306 valence electrons. The van der Waals surface area contributed by atoms with Crippen molar-refractivity contribution in [1.29, 1.82) is 0 Å². The molecule has 15 nitrogen and oxygen atoms in total.